The van der Waals surface area contributed by atoms with Crippen LogP contribution in [-0.4, -0.2) is 0 Å². The predicted octanol–water partition coefficient (Wildman–Crippen LogP) is 4.87. The Balaban J connectivity index is 2.05. The highest BCUT2D eigenvalue weighted by molar-refractivity contribution is 9.10. The van der Waals surface area contributed by atoms with Crippen LogP contribution in [0.3, 0.4) is 0 Å². The van der Waals surface area contributed by atoms with Gasteiger partial charge in [-0.05, 0) is 46.7 Å². The third-order valence-electron chi connectivity index (χ3n) is 3.20. The van der Waals surface area contributed by atoms with Crippen LogP contribution >= 0.6 is 38.9 Å². The van der Waals surface area contributed by atoms with Gasteiger partial charge in [-0.25, -0.2) is 5.43 Å². The summed E-state index contributed by atoms with van der Waals surface area (Å²) in [6, 6.07) is 16.4. The molecule has 1 aromatic heterocycles. The van der Waals surface area contributed by atoms with E-state index in [2.05, 4.69) is 51.7 Å². The first-order chi connectivity index (χ1) is 9.67. The first-order valence-electron chi connectivity index (χ1n) is 6.08. The predicted molar refractivity (Wildman–Crippen MR) is 90.1 cm³/mol. The Hall–Kier alpha value is -0.910. The minimum Gasteiger partial charge on any atom is -0.271 e. The van der Waals surface area contributed by atoms with Gasteiger partial charge in [0.25, 0.3) is 0 Å². The molecule has 0 aliphatic carbocycles. The smallest absolute Gasteiger partial charge is 0.0931 e. The van der Waals surface area contributed by atoms with Crippen LogP contribution in [0.4, 0.5) is 0 Å². The molecule has 102 valence electrons. The fourth-order valence-electron chi connectivity index (χ4n) is 2.24. The molecule has 1 unspecified atom stereocenters. The topological polar surface area (TPSA) is 38.0 Å². The van der Waals surface area contributed by atoms with Crippen LogP contribution in [-0.2, 0) is 0 Å². The van der Waals surface area contributed by atoms with Crippen molar-refractivity contribution in [3.63, 3.8) is 0 Å². The largest absolute Gasteiger partial charge is 0.271 e. The summed E-state index contributed by atoms with van der Waals surface area (Å²) in [6.07, 6.45) is 0. The van der Waals surface area contributed by atoms with E-state index in [4.69, 9.17) is 17.4 Å². The Labute approximate surface area is 134 Å². The van der Waals surface area contributed by atoms with Crippen LogP contribution in [0.15, 0.2) is 53.0 Å². The number of benzene rings is 2. The van der Waals surface area contributed by atoms with E-state index >= 15 is 0 Å². The first-order valence-corrected chi connectivity index (χ1v) is 8.07. The Morgan fingerprint density at radius 2 is 1.80 bits per heavy atom. The van der Waals surface area contributed by atoms with E-state index in [0.717, 1.165) is 19.2 Å². The lowest BCUT2D eigenvalue weighted by Crippen LogP contribution is -2.28. The molecule has 0 spiro atoms. The van der Waals surface area contributed by atoms with Crippen molar-refractivity contribution in [2.75, 3.05) is 0 Å². The fourth-order valence-corrected chi connectivity index (χ4v) is 3.77. The lowest BCUT2D eigenvalue weighted by Gasteiger charge is -2.15. The quantitative estimate of drug-likeness (QED) is 0.512. The van der Waals surface area contributed by atoms with E-state index in [1.165, 1.54) is 22.1 Å². The van der Waals surface area contributed by atoms with Crippen LogP contribution in [0.5, 0.6) is 0 Å². The summed E-state index contributed by atoms with van der Waals surface area (Å²) in [5, 5.41) is 2.39. The number of fused-ring (bicyclic) bond motifs is 1. The molecule has 0 radical (unpaired) electrons. The van der Waals surface area contributed by atoms with Gasteiger partial charge in [0.2, 0.25) is 0 Å². The number of thiophene rings is 1. The maximum atomic E-state index is 6.01. The molecular formula is C15H12BrClN2S. The normalized spacial score (nSPS) is 12.8. The molecule has 3 N–H and O–H groups in total. The summed E-state index contributed by atoms with van der Waals surface area (Å²) >= 11 is 11.0. The molecule has 0 aliphatic rings. The van der Waals surface area contributed by atoms with Crippen LogP contribution in [0.25, 0.3) is 10.8 Å². The van der Waals surface area contributed by atoms with Crippen molar-refractivity contribution in [1.29, 1.82) is 0 Å². The average molecular weight is 368 g/mol. The molecule has 0 amide bonds. The first kappa shape index (κ1) is 14.0. The monoisotopic (exact) mass is 366 g/mol. The molecule has 2 aromatic carbocycles. The Morgan fingerprint density at radius 3 is 2.50 bits per heavy atom. The van der Waals surface area contributed by atoms with Gasteiger partial charge in [0.15, 0.2) is 0 Å². The number of hydrogen-bond acceptors (Lipinski definition) is 3. The average Bonchev–Trinajstić information content (AvgIpc) is 2.86. The van der Waals surface area contributed by atoms with Crippen molar-refractivity contribution in [2.24, 2.45) is 5.84 Å². The molecule has 0 fully saturated rings. The van der Waals surface area contributed by atoms with E-state index in [0.29, 0.717) is 0 Å². The van der Waals surface area contributed by atoms with E-state index in [1.54, 1.807) is 0 Å². The summed E-state index contributed by atoms with van der Waals surface area (Å²) in [6.45, 7) is 0. The molecule has 20 heavy (non-hydrogen) atoms. The second kappa shape index (κ2) is 5.84. The van der Waals surface area contributed by atoms with Gasteiger partial charge in [-0.15, -0.1) is 11.3 Å². The van der Waals surface area contributed by atoms with Crippen molar-refractivity contribution in [3.05, 3.63) is 67.8 Å². The summed E-state index contributed by atoms with van der Waals surface area (Å²) < 4.78 is 1.85. The molecular weight excluding hydrogens is 356 g/mol. The van der Waals surface area contributed by atoms with E-state index in [-0.39, 0.29) is 6.04 Å². The second-order valence-electron chi connectivity index (χ2n) is 4.49. The molecule has 1 heterocycles. The molecule has 1 atom stereocenters. The molecule has 5 heteroatoms. The summed E-state index contributed by atoms with van der Waals surface area (Å²) in [7, 11) is 0. The minimum atomic E-state index is -0.0412. The van der Waals surface area contributed by atoms with Gasteiger partial charge in [0.05, 0.1) is 10.4 Å². The highest BCUT2D eigenvalue weighted by Crippen LogP contribution is 2.32. The lowest BCUT2D eigenvalue weighted by atomic mass is 10.0. The molecule has 0 aliphatic heterocycles. The minimum absolute atomic E-state index is 0.0412. The van der Waals surface area contributed by atoms with Crippen molar-refractivity contribution in [2.45, 2.75) is 6.04 Å². The van der Waals surface area contributed by atoms with Crippen LogP contribution in [0.2, 0.25) is 4.34 Å². The third kappa shape index (κ3) is 2.75. The zero-order chi connectivity index (χ0) is 14.1. The van der Waals surface area contributed by atoms with E-state index in [1.807, 2.05) is 18.2 Å². The van der Waals surface area contributed by atoms with Crippen molar-refractivity contribution in [1.82, 2.24) is 5.43 Å². The van der Waals surface area contributed by atoms with Gasteiger partial charge in [-0.3, -0.25) is 5.84 Å². The molecule has 0 saturated carbocycles. The van der Waals surface area contributed by atoms with Crippen LogP contribution in [0.1, 0.15) is 16.5 Å². The molecule has 3 aromatic rings. The Bertz CT molecular complexity index is 756. The zero-order valence-corrected chi connectivity index (χ0v) is 13.6. The summed E-state index contributed by atoms with van der Waals surface area (Å²) in [4.78, 5) is 1.11. The van der Waals surface area contributed by atoms with Gasteiger partial charge in [0, 0.05) is 9.35 Å². The van der Waals surface area contributed by atoms with E-state index < -0.39 is 0 Å². The maximum absolute atomic E-state index is 6.01. The molecule has 0 bridgehead atoms. The summed E-state index contributed by atoms with van der Waals surface area (Å²) in [5.74, 6) is 5.72. The zero-order valence-electron chi connectivity index (χ0n) is 10.4. The van der Waals surface area contributed by atoms with Crippen molar-refractivity contribution in [3.8, 4) is 0 Å². The van der Waals surface area contributed by atoms with Gasteiger partial charge >= 0.3 is 0 Å². The van der Waals surface area contributed by atoms with Gasteiger partial charge in [-0.2, -0.15) is 0 Å². The van der Waals surface area contributed by atoms with Crippen molar-refractivity contribution >= 4 is 49.6 Å². The highest BCUT2D eigenvalue weighted by atomic mass is 79.9. The number of hydrazine groups is 1. The second-order valence-corrected chi connectivity index (χ2v) is 7.15. The number of nitrogens with one attached hydrogen (secondary N) is 1. The van der Waals surface area contributed by atoms with E-state index in [9.17, 15) is 0 Å². The molecule has 3 rings (SSSR count). The number of nitrogens with two attached hydrogens (primary N) is 1. The fraction of sp³-hybridized carbons (Fsp3) is 0.0667. The molecule has 0 saturated heterocycles. The number of halogens is 2. The van der Waals surface area contributed by atoms with Crippen LogP contribution in [0, 0.1) is 0 Å². The van der Waals surface area contributed by atoms with Crippen molar-refractivity contribution < 1.29 is 0 Å². The standard InChI is InChI=1S/C15H12BrClN2S/c16-12-4-3-9-7-11(2-1-10(9)8-12)15(19-18)13-5-6-14(17)20-13/h1-8,15,19H,18H2. The lowest BCUT2D eigenvalue weighted by molar-refractivity contribution is 0.647. The highest BCUT2D eigenvalue weighted by Gasteiger charge is 2.15. The summed E-state index contributed by atoms with van der Waals surface area (Å²) in [5.41, 5.74) is 3.99. The number of hydrogen-bond donors (Lipinski definition) is 2. The third-order valence-corrected chi connectivity index (χ3v) is 4.99. The van der Waals surface area contributed by atoms with Gasteiger partial charge < -0.3 is 0 Å². The Kier molecular flexibility index (Phi) is 4.10. The van der Waals surface area contributed by atoms with Crippen LogP contribution < -0.4 is 11.3 Å². The SMILES string of the molecule is NNC(c1ccc2cc(Br)ccc2c1)c1ccc(Cl)s1. The number of rotatable bonds is 3. The Morgan fingerprint density at radius 1 is 1.05 bits per heavy atom. The maximum Gasteiger partial charge on any atom is 0.0931 e. The van der Waals surface area contributed by atoms with Gasteiger partial charge in [0.1, 0.15) is 0 Å². The van der Waals surface area contributed by atoms with Gasteiger partial charge in [-0.1, -0.05) is 45.7 Å². The molecule has 2 nitrogen and oxygen atoms in total.